The number of nitrogens with two attached hydrogens (primary N) is 2. The first-order chi connectivity index (χ1) is 14.7. The molecule has 0 bridgehead atoms. The van der Waals surface area contributed by atoms with Gasteiger partial charge in [-0.05, 0) is 30.3 Å². The summed E-state index contributed by atoms with van der Waals surface area (Å²) >= 11 is 0. The van der Waals surface area contributed by atoms with E-state index in [1.807, 2.05) is 0 Å². The molecule has 0 aliphatic carbocycles. The maximum absolute atomic E-state index is 14.8. The zero-order chi connectivity index (χ0) is 22.5. The van der Waals surface area contributed by atoms with Gasteiger partial charge in [0.2, 0.25) is 11.9 Å². The third-order valence-electron chi connectivity index (χ3n) is 4.30. The number of aromatic nitrogens is 1. The van der Waals surface area contributed by atoms with Crippen LogP contribution in [0.25, 0.3) is 11.1 Å². The van der Waals surface area contributed by atoms with E-state index >= 15 is 0 Å². The van der Waals surface area contributed by atoms with E-state index in [2.05, 4.69) is 20.7 Å². The second-order valence-electron chi connectivity index (χ2n) is 6.84. The number of aliphatic imine (C=N–C) groups is 1. The lowest BCUT2D eigenvalue weighted by Crippen LogP contribution is -2.47. The Morgan fingerprint density at radius 1 is 1.42 bits per heavy atom. The van der Waals surface area contributed by atoms with Gasteiger partial charge in [0, 0.05) is 31.3 Å². The van der Waals surface area contributed by atoms with Gasteiger partial charge in [0.15, 0.2) is 5.82 Å². The molecule has 0 unspecified atom stereocenters. The number of hydrazine groups is 2. The molecule has 0 saturated carbocycles. The molecule has 2 amide bonds. The number of benzene rings is 1. The first-order valence-electron chi connectivity index (χ1n) is 9.30. The van der Waals surface area contributed by atoms with E-state index in [-0.39, 0.29) is 25.0 Å². The predicted molar refractivity (Wildman–Crippen MR) is 112 cm³/mol. The van der Waals surface area contributed by atoms with Crippen LogP contribution in [0.3, 0.4) is 0 Å². The van der Waals surface area contributed by atoms with Crippen LogP contribution in [0.15, 0.2) is 41.5 Å². The van der Waals surface area contributed by atoms with Crippen LogP contribution in [-0.4, -0.2) is 54.3 Å². The molecular weight excluding hydrogens is 407 g/mol. The van der Waals surface area contributed by atoms with Crippen LogP contribution in [0.5, 0.6) is 0 Å². The fourth-order valence-corrected chi connectivity index (χ4v) is 2.94. The maximum atomic E-state index is 14.8. The monoisotopic (exact) mass is 430 g/mol. The Hall–Kier alpha value is -3.77. The molecule has 31 heavy (non-hydrogen) atoms. The average molecular weight is 430 g/mol. The Kier molecular flexibility index (Phi) is 6.62. The lowest BCUT2D eigenvalue weighted by atomic mass is 10.1. The largest absolute Gasteiger partial charge is 0.442 e. The van der Waals surface area contributed by atoms with Crippen LogP contribution in [0.2, 0.25) is 0 Å². The van der Waals surface area contributed by atoms with Gasteiger partial charge in [0.05, 0.1) is 18.8 Å². The standard InChI is InChI=1S/C19H23FN8O3/c1-11(29)23-9-14-10-28(19(30)31-14)13-4-5-15(16(20)7-13)12-3-6-17(24-8-12)25-18(21)26-27(2)22/h3-8,14H,9-10,22H2,1-2H3,(H,23,29)(H3,21,24,25,26)/t14-/m0/s1. The minimum absolute atomic E-state index is 0.0510. The molecule has 2 heterocycles. The van der Waals surface area contributed by atoms with E-state index in [0.29, 0.717) is 22.6 Å². The zero-order valence-electron chi connectivity index (χ0n) is 17.0. The Labute approximate surface area is 177 Å². The van der Waals surface area contributed by atoms with Crippen molar-refractivity contribution in [1.82, 2.24) is 20.8 Å². The number of anilines is 1. The molecule has 1 saturated heterocycles. The maximum Gasteiger partial charge on any atom is 0.414 e. The number of cyclic esters (lactones) is 1. The van der Waals surface area contributed by atoms with Crippen molar-refractivity contribution in [3.05, 3.63) is 42.3 Å². The number of carbonyl (C=O) groups is 2. The summed E-state index contributed by atoms with van der Waals surface area (Å²) in [5, 5.41) is 3.74. The molecular formula is C19H23FN8O3. The average Bonchev–Trinajstić information content (AvgIpc) is 3.07. The molecule has 2 aromatic rings. The molecule has 1 aromatic heterocycles. The number of halogens is 1. The summed E-state index contributed by atoms with van der Waals surface area (Å²) in [6.45, 7) is 1.78. The molecule has 1 fully saturated rings. The molecule has 1 aliphatic heterocycles. The summed E-state index contributed by atoms with van der Waals surface area (Å²) in [5.41, 5.74) is 9.43. The molecule has 0 radical (unpaired) electrons. The van der Waals surface area contributed by atoms with Gasteiger partial charge in [-0.1, -0.05) is 0 Å². The van der Waals surface area contributed by atoms with Gasteiger partial charge >= 0.3 is 6.09 Å². The second kappa shape index (κ2) is 9.36. The quantitative estimate of drug-likeness (QED) is 0.225. The minimum Gasteiger partial charge on any atom is -0.442 e. The van der Waals surface area contributed by atoms with Gasteiger partial charge < -0.3 is 15.8 Å². The van der Waals surface area contributed by atoms with Crippen molar-refractivity contribution in [3.63, 3.8) is 0 Å². The Balaban J connectivity index is 1.72. The van der Waals surface area contributed by atoms with E-state index in [1.54, 1.807) is 31.3 Å². The summed E-state index contributed by atoms with van der Waals surface area (Å²) in [5.74, 6) is 5.03. The number of rotatable bonds is 6. The van der Waals surface area contributed by atoms with Crippen molar-refractivity contribution in [2.75, 3.05) is 25.0 Å². The Bertz CT molecular complexity index is 996. The molecule has 12 heteroatoms. The summed E-state index contributed by atoms with van der Waals surface area (Å²) in [7, 11) is 1.55. The van der Waals surface area contributed by atoms with Crippen LogP contribution >= 0.6 is 0 Å². The highest BCUT2D eigenvalue weighted by Crippen LogP contribution is 2.29. The molecule has 3 rings (SSSR count). The second-order valence-corrected chi connectivity index (χ2v) is 6.84. The molecule has 1 aliphatic rings. The normalized spacial score (nSPS) is 16.4. The van der Waals surface area contributed by atoms with Crippen LogP contribution in [0.1, 0.15) is 6.92 Å². The molecule has 1 aromatic carbocycles. The highest BCUT2D eigenvalue weighted by atomic mass is 19.1. The predicted octanol–water partition coefficient (Wildman–Crippen LogP) is 0.605. The first kappa shape index (κ1) is 21.9. The molecule has 164 valence electrons. The number of guanidine groups is 1. The lowest BCUT2D eigenvalue weighted by Gasteiger charge is -2.14. The highest BCUT2D eigenvalue weighted by molar-refractivity contribution is 5.90. The summed E-state index contributed by atoms with van der Waals surface area (Å²) in [6, 6.07) is 7.65. The minimum atomic E-state index is -0.597. The number of hydrogen-bond acceptors (Lipinski definition) is 7. The van der Waals surface area contributed by atoms with E-state index in [0.717, 1.165) is 5.12 Å². The molecule has 0 spiro atoms. The number of nitrogens with zero attached hydrogens (tertiary/aromatic N) is 4. The lowest BCUT2D eigenvalue weighted by molar-refractivity contribution is -0.119. The number of pyridine rings is 1. The fourth-order valence-electron chi connectivity index (χ4n) is 2.94. The van der Waals surface area contributed by atoms with Gasteiger partial charge in [-0.25, -0.2) is 14.2 Å². The van der Waals surface area contributed by atoms with E-state index in [1.165, 1.54) is 24.1 Å². The van der Waals surface area contributed by atoms with Crippen molar-refractivity contribution in [2.45, 2.75) is 13.0 Å². The van der Waals surface area contributed by atoms with Crippen LogP contribution in [0, 0.1) is 5.82 Å². The third kappa shape index (κ3) is 5.65. The van der Waals surface area contributed by atoms with Crippen molar-refractivity contribution in [3.8, 4) is 11.1 Å². The van der Waals surface area contributed by atoms with Gasteiger partial charge in [0.25, 0.3) is 0 Å². The number of carbonyl (C=O) groups excluding carboxylic acids is 2. The van der Waals surface area contributed by atoms with E-state index in [9.17, 15) is 14.0 Å². The number of nitrogens with one attached hydrogen (secondary N) is 2. The highest BCUT2D eigenvalue weighted by Gasteiger charge is 2.32. The van der Waals surface area contributed by atoms with Crippen molar-refractivity contribution in [1.29, 1.82) is 0 Å². The van der Waals surface area contributed by atoms with Crippen LogP contribution in [-0.2, 0) is 9.53 Å². The number of hydrogen-bond donors (Lipinski definition) is 4. The van der Waals surface area contributed by atoms with Crippen molar-refractivity contribution in [2.24, 2.45) is 16.6 Å². The summed E-state index contributed by atoms with van der Waals surface area (Å²) in [6.07, 6.45) is 0.363. The molecule has 6 N–H and O–H groups in total. The van der Waals surface area contributed by atoms with Crippen LogP contribution < -0.4 is 27.2 Å². The number of ether oxygens (including phenoxy) is 1. The SMILES string of the molecule is CC(=O)NC[C@H]1CN(c2ccc(-c3ccc(N=C(N)NN(C)N)nc3)c(F)c2)C(=O)O1. The first-order valence-corrected chi connectivity index (χ1v) is 9.30. The van der Waals surface area contributed by atoms with Gasteiger partial charge in [-0.15, -0.1) is 0 Å². The smallest absolute Gasteiger partial charge is 0.414 e. The van der Waals surface area contributed by atoms with Crippen molar-refractivity contribution < 1.29 is 18.7 Å². The van der Waals surface area contributed by atoms with Crippen molar-refractivity contribution >= 4 is 29.5 Å². The molecule has 11 nitrogen and oxygen atoms in total. The van der Waals surface area contributed by atoms with Crippen LogP contribution in [0.4, 0.5) is 20.7 Å². The molecule has 1 atom stereocenters. The van der Waals surface area contributed by atoms with E-state index < -0.39 is 18.0 Å². The topological polar surface area (TPSA) is 151 Å². The Morgan fingerprint density at radius 3 is 2.81 bits per heavy atom. The van der Waals surface area contributed by atoms with Gasteiger partial charge in [0.1, 0.15) is 11.9 Å². The Morgan fingerprint density at radius 2 is 2.19 bits per heavy atom. The van der Waals surface area contributed by atoms with Gasteiger partial charge in [-0.2, -0.15) is 10.1 Å². The zero-order valence-corrected chi connectivity index (χ0v) is 17.0. The van der Waals surface area contributed by atoms with Gasteiger partial charge in [-0.3, -0.25) is 21.0 Å². The summed E-state index contributed by atoms with van der Waals surface area (Å²) in [4.78, 5) is 32.6. The number of amides is 2. The fraction of sp³-hybridized carbons (Fsp3) is 0.263. The van der Waals surface area contributed by atoms with E-state index in [4.69, 9.17) is 16.3 Å². The summed E-state index contributed by atoms with van der Waals surface area (Å²) < 4.78 is 20.0. The third-order valence-corrected chi connectivity index (χ3v) is 4.30.